The molecule has 0 aromatic heterocycles. The lowest BCUT2D eigenvalue weighted by Gasteiger charge is -2.12. The van der Waals surface area contributed by atoms with Crippen LogP contribution in [-0.4, -0.2) is 37.0 Å². The quantitative estimate of drug-likeness (QED) is 0.770. The molecule has 23 heavy (non-hydrogen) atoms. The number of halogens is 1. The van der Waals surface area contributed by atoms with Crippen LogP contribution in [0.1, 0.15) is 36.0 Å². The molecule has 1 aliphatic carbocycles. The average Bonchev–Trinajstić information content (AvgIpc) is 3.03. The summed E-state index contributed by atoms with van der Waals surface area (Å²) in [6.45, 7) is -0.753. The number of benzene rings is 1. The summed E-state index contributed by atoms with van der Waals surface area (Å²) in [5, 5.41) is 5.10. The summed E-state index contributed by atoms with van der Waals surface area (Å²) in [7, 11) is 0. The topological polar surface area (TPSA) is 84.5 Å². The minimum Gasteiger partial charge on any atom is -0.454 e. The van der Waals surface area contributed by atoms with Crippen molar-refractivity contribution >= 4 is 17.8 Å². The molecule has 0 saturated heterocycles. The number of hydrogen-bond donors (Lipinski definition) is 2. The van der Waals surface area contributed by atoms with Crippen molar-refractivity contribution in [2.75, 3.05) is 13.2 Å². The Hall–Kier alpha value is -2.44. The first-order valence-electron chi connectivity index (χ1n) is 7.53. The second-order valence-electron chi connectivity index (χ2n) is 5.40. The Morgan fingerprint density at radius 1 is 1.22 bits per heavy atom. The Kier molecular flexibility index (Phi) is 6.08. The molecule has 2 rings (SSSR count). The first-order chi connectivity index (χ1) is 11.0. The zero-order chi connectivity index (χ0) is 16.7. The van der Waals surface area contributed by atoms with Gasteiger partial charge in [0, 0.05) is 11.6 Å². The van der Waals surface area contributed by atoms with E-state index in [0.717, 1.165) is 31.7 Å². The lowest BCUT2D eigenvalue weighted by atomic mass is 10.2. The largest absolute Gasteiger partial charge is 0.454 e. The first kappa shape index (κ1) is 16.9. The molecule has 1 aromatic carbocycles. The molecule has 0 bridgehead atoms. The number of carbonyl (C=O) groups is 3. The Morgan fingerprint density at radius 3 is 2.65 bits per heavy atom. The molecule has 1 aliphatic rings. The predicted octanol–water partition coefficient (Wildman–Crippen LogP) is 1.16. The molecule has 0 spiro atoms. The maximum Gasteiger partial charge on any atom is 0.325 e. The van der Waals surface area contributed by atoms with Gasteiger partial charge in [0.15, 0.2) is 6.61 Å². The van der Waals surface area contributed by atoms with Gasteiger partial charge in [-0.3, -0.25) is 14.4 Å². The van der Waals surface area contributed by atoms with Crippen molar-refractivity contribution in [2.24, 2.45) is 0 Å². The van der Waals surface area contributed by atoms with Crippen LogP contribution in [0.4, 0.5) is 4.39 Å². The van der Waals surface area contributed by atoms with Crippen LogP contribution in [0.5, 0.6) is 0 Å². The Balaban J connectivity index is 1.66. The van der Waals surface area contributed by atoms with Gasteiger partial charge in [-0.1, -0.05) is 18.9 Å². The molecular formula is C16H19FN2O4. The molecule has 0 aliphatic heterocycles. The Bertz CT molecular complexity index is 585. The van der Waals surface area contributed by atoms with Gasteiger partial charge in [-0.25, -0.2) is 4.39 Å². The summed E-state index contributed by atoms with van der Waals surface area (Å²) >= 11 is 0. The zero-order valence-corrected chi connectivity index (χ0v) is 12.6. The smallest absolute Gasteiger partial charge is 0.325 e. The van der Waals surface area contributed by atoms with Crippen LogP contribution in [0.3, 0.4) is 0 Å². The van der Waals surface area contributed by atoms with E-state index in [4.69, 9.17) is 4.74 Å². The highest BCUT2D eigenvalue weighted by Gasteiger charge is 2.18. The summed E-state index contributed by atoms with van der Waals surface area (Å²) in [5.41, 5.74) is 0.108. The van der Waals surface area contributed by atoms with E-state index >= 15 is 0 Å². The number of hydrogen-bond acceptors (Lipinski definition) is 4. The summed E-state index contributed by atoms with van der Waals surface area (Å²) in [6, 6.07) is 5.27. The van der Waals surface area contributed by atoms with Crippen LogP contribution < -0.4 is 10.6 Å². The van der Waals surface area contributed by atoms with E-state index in [2.05, 4.69) is 10.6 Å². The number of nitrogens with one attached hydrogen (secondary N) is 2. The first-order valence-corrected chi connectivity index (χ1v) is 7.53. The third kappa shape index (κ3) is 5.69. The molecule has 0 heterocycles. The standard InChI is InChI=1S/C16H19FN2O4/c17-12-5-3-4-11(8-12)16(22)18-9-15(21)23-10-14(20)19-13-6-1-2-7-13/h3-5,8,13H,1-2,6-7,9-10H2,(H,18,22)(H,19,20). The number of ether oxygens (including phenoxy) is 1. The van der Waals surface area contributed by atoms with Crippen molar-refractivity contribution in [3.05, 3.63) is 35.6 Å². The number of rotatable bonds is 6. The molecule has 0 atom stereocenters. The SMILES string of the molecule is O=C(COC(=O)CNC(=O)c1cccc(F)c1)NC1CCCC1. The molecule has 2 amide bonds. The molecule has 1 aromatic rings. The molecular weight excluding hydrogens is 303 g/mol. The minimum absolute atomic E-state index is 0.108. The van der Waals surface area contributed by atoms with E-state index in [-0.39, 0.29) is 30.7 Å². The normalized spacial score (nSPS) is 14.3. The van der Waals surface area contributed by atoms with Gasteiger partial charge in [0.05, 0.1) is 0 Å². The molecule has 124 valence electrons. The second-order valence-corrected chi connectivity index (χ2v) is 5.40. The van der Waals surface area contributed by atoms with Crippen LogP contribution in [0, 0.1) is 5.82 Å². The monoisotopic (exact) mass is 322 g/mol. The van der Waals surface area contributed by atoms with Gasteiger partial charge in [0.25, 0.3) is 11.8 Å². The van der Waals surface area contributed by atoms with E-state index in [0.29, 0.717) is 0 Å². The number of carbonyl (C=O) groups excluding carboxylic acids is 3. The van der Waals surface area contributed by atoms with E-state index in [1.165, 1.54) is 18.2 Å². The van der Waals surface area contributed by atoms with E-state index < -0.39 is 17.7 Å². The summed E-state index contributed by atoms with van der Waals surface area (Å²) in [5.74, 6) is -2.20. The molecule has 2 N–H and O–H groups in total. The van der Waals surface area contributed by atoms with Crippen LogP contribution >= 0.6 is 0 Å². The zero-order valence-electron chi connectivity index (χ0n) is 12.6. The fourth-order valence-corrected chi connectivity index (χ4v) is 2.42. The van der Waals surface area contributed by atoms with Crippen molar-refractivity contribution in [3.63, 3.8) is 0 Å². The van der Waals surface area contributed by atoms with Crippen molar-refractivity contribution in [1.82, 2.24) is 10.6 Å². The van der Waals surface area contributed by atoms with Gasteiger partial charge in [0.1, 0.15) is 12.4 Å². The van der Waals surface area contributed by atoms with Gasteiger partial charge in [0.2, 0.25) is 0 Å². The maximum atomic E-state index is 13.0. The number of amides is 2. The molecule has 0 unspecified atom stereocenters. The molecule has 0 radical (unpaired) electrons. The highest BCUT2D eigenvalue weighted by molar-refractivity contribution is 5.96. The van der Waals surface area contributed by atoms with Gasteiger partial charge in [-0.05, 0) is 31.0 Å². The van der Waals surface area contributed by atoms with Crippen LogP contribution in [0.25, 0.3) is 0 Å². The van der Waals surface area contributed by atoms with Gasteiger partial charge < -0.3 is 15.4 Å². The van der Waals surface area contributed by atoms with Gasteiger partial charge >= 0.3 is 5.97 Å². The summed E-state index contributed by atoms with van der Waals surface area (Å²) in [6.07, 6.45) is 4.08. The molecule has 1 saturated carbocycles. The fourth-order valence-electron chi connectivity index (χ4n) is 2.42. The van der Waals surface area contributed by atoms with Crippen LogP contribution in [0.15, 0.2) is 24.3 Å². The molecule has 7 heteroatoms. The molecule has 1 fully saturated rings. The minimum atomic E-state index is -0.726. The van der Waals surface area contributed by atoms with E-state index in [1.54, 1.807) is 0 Å². The second kappa shape index (κ2) is 8.26. The summed E-state index contributed by atoms with van der Waals surface area (Å²) < 4.78 is 17.8. The predicted molar refractivity (Wildman–Crippen MR) is 80.1 cm³/mol. The van der Waals surface area contributed by atoms with Crippen LogP contribution in [-0.2, 0) is 14.3 Å². The van der Waals surface area contributed by atoms with E-state index in [1.807, 2.05) is 0 Å². The van der Waals surface area contributed by atoms with Crippen molar-refractivity contribution in [2.45, 2.75) is 31.7 Å². The number of esters is 1. The van der Waals surface area contributed by atoms with Crippen LogP contribution in [0.2, 0.25) is 0 Å². The highest BCUT2D eigenvalue weighted by atomic mass is 19.1. The average molecular weight is 322 g/mol. The molecule has 6 nitrogen and oxygen atoms in total. The third-order valence-corrected chi connectivity index (χ3v) is 3.56. The maximum absolute atomic E-state index is 13.0. The van der Waals surface area contributed by atoms with Crippen molar-refractivity contribution < 1.29 is 23.5 Å². The fraction of sp³-hybridized carbons (Fsp3) is 0.438. The van der Waals surface area contributed by atoms with Crippen molar-refractivity contribution in [1.29, 1.82) is 0 Å². The Morgan fingerprint density at radius 2 is 1.96 bits per heavy atom. The van der Waals surface area contributed by atoms with Crippen molar-refractivity contribution in [3.8, 4) is 0 Å². The lowest BCUT2D eigenvalue weighted by Crippen LogP contribution is -2.37. The van der Waals surface area contributed by atoms with Gasteiger partial charge in [-0.2, -0.15) is 0 Å². The Labute approximate surface area is 133 Å². The lowest BCUT2D eigenvalue weighted by molar-refractivity contribution is -0.147. The van der Waals surface area contributed by atoms with Gasteiger partial charge in [-0.15, -0.1) is 0 Å². The highest BCUT2D eigenvalue weighted by Crippen LogP contribution is 2.17. The summed E-state index contributed by atoms with van der Waals surface area (Å²) in [4.78, 5) is 34.8. The third-order valence-electron chi connectivity index (χ3n) is 3.56. The van der Waals surface area contributed by atoms with E-state index in [9.17, 15) is 18.8 Å².